The van der Waals surface area contributed by atoms with Gasteiger partial charge in [-0.25, -0.2) is 13.4 Å². The fraction of sp³-hybridized carbons (Fsp3) is 0.189. The van der Waals surface area contributed by atoms with E-state index in [-0.39, 0.29) is 43.6 Å². The van der Waals surface area contributed by atoms with Gasteiger partial charge in [-0.2, -0.15) is 0 Å². The molecule has 7 atom stereocenters. The van der Waals surface area contributed by atoms with Crippen LogP contribution in [0.3, 0.4) is 0 Å². The number of rotatable bonds is 20. The molecule has 1 radical (unpaired) electrons. The van der Waals surface area contributed by atoms with E-state index in [1.807, 2.05) is 103 Å². The number of urea groups is 1. The number of carbonyl (C=O) groups excluding carboxylic acids is 3. The normalized spacial score (nSPS) is 18.6. The first-order chi connectivity index (χ1) is 39.3. The van der Waals surface area contributed by atoms with E-state index in [2.05, 4.69) is 59.0 Å². The van der Waals surface area contributed by atoms with E-state index in [1.165, 1.54) is 30.5 Å². The molecule has 9 rings (SSSR count). The van der Waals surface area contributed by atoms with E-state index in [0.29, 0.717) is 25.0 Å². The topological polar surface area (TPSA) is 392 Å². The maximum atomic E-state index is 13.1. The van der Waals surface area contributed by atoms with Crippen molar-refractivity contribution < 1.29 is 90.1 Å². The van der Waals surface area contributed by atoms with Gasteiger partial charge in [-0.1, -0.05) is 54.6 Å². The summed E-state index contributed by atoms with van der Waals surface area (Å²) < 4.78 is 50.6. The van der Waals surface area contributed by atoms with Crippen molar-refractivity contribution in [1.82, 2.24) is 50.8 Å². The van der Waals surface area contributed by atoms with Gasteiger partial charge in [0.25, 0.3) is 35.3 Å². The molecule has 0 bridgehead atoms. The molecule has 26 nitrogen and oxygen atoms in total. The summed E-state index contributed by atoms with van der Waals surface area (Å²) in [6.07, 6.45) is 10.7. The number of amides is 4. The quantitative estimate of drug-likeness (QED) is 0.0354. The minimum absolute atomic E-state index is 0. The number of nitrogens with zero attached hydrogens (tertiary/aromatic N) is 7. The summed E-state index contributed by atoms with van der Waals surface area (Å²) in [5.74, 6) is -0.966. The third-order valence-electron chi connectivity index (χ3n) is 11.4. The Labute approximate surface area is 488 Å². The average Bonchev–Trinajstić information content (AvgIpc) is 3.93. The van der Waals surface area contributed by atoms with Crippen LogP contribution in [-0.4, -0.2) is 107 Å². The molecule has 4 amide bonds. The van der Waals surface area contributed by atoms with Gasteiger partial charge in [-0.15, -0.1) is 0 Å². The van der Waals surface area contributed by atoms with Crippen molar-refractivity contribution >= 4 is 41.3 Å². The molecule has 8 heterocycles. The summed E-state index contributed by atoms with van der Waals surface area (Å²) in [6.45, 7) is -0.715. The minimum atomic E-state index is -6.14. The summed E-state index contributed by atoms with van der Waals surface area (Å²) in [7, 11) is -17.9. The van der Waals surface area contributed by atoms with E-state index < -0.39 is 72.5 Å². The van der Waals surface area contributed by atoms with Crippen molar-refractivity contribution in [3.63, 3.8) is 0 Å². The first kappa shape index (κ1) is 64.9. The Balaban J connectivity index is 0.000000358. The minimum Gasteiger partial charge on any atom is -0.756 e. The summed E-state index contributed by atoms with van der Waals surface area (Å²) in [4.78, 5) is 108. The summed E-state index contributed by atoms with van der Waals surface area (Å²) in [5.41, 5.74) is 12.9. The Kier molecular flexibility index (Phi) is 24.5. The van der Waals surface area contributed by atoms with Gasteiger partial charge in [0, 0.05) is 68.5 Å². The molecule has 0 spiro atoms. The number of hydrogen-bond donors (Lipinski definition) is 6. The number of aliphatic hydroxyl groups is 1. The second-order valence-corrected chi connectivity index (χ2v) is 21.7. The molecule has 0 aliphatic carbocycles. The van der Waals surface area contributed by atoms with Crippen LogP contribution in [-0.2, 0) is 57.5 Å². The second kappa shape index (κ2) is 31.4. The van der Waals surface area contributed by atoms with Crippen LogP contribution in [0.5, 0.6) is 0 Å². The molecule has 7 aromatic rings. The Morgan fingerprint density at radius 1 is 0.699 bits per heavy atom. The Morgan fingerprint density at radius 2 is 1.18 bits per heavy atom. The number of phosphoric acid groups is 3. The zero-order valence-corrected chi connectivity index (χ0v) is 47.9. The molecule has 6 aromatic heterocycles. The van der Waals surface area contributed by atoms with Crippen LogP contribution < -0.4 is 36.4 Å². The second-order valence-electron chi connectivity index (χ2n) is 17.4. The van der Waals surface area contributed by atoms with Gasteiger partial charge in [0.1, 0.15) is 18.5 Å². The first-order valence-electron chi connectivity index (χ1n) is 24.8. The number of aliphatic hydroxyl groups excluding tert-OH is 1. The SMILES string of the molecule is NC1NC(=O)N([C@H]2C[C@H](O)[C@@H](COP(=O)([O-])OP(=O)([O-])OP(=O)([O-])O)O2)C=C1/C=C/CNC(=O)c1ccccc1C(=O)NCCCc1ccnc(-c2ccccn2)c1.[Ru+3].c1ccc(-c2ccccn2)nc1.c1ccc(-c2ccccn2)nc1. The molecule has 2 aliphatic rings. The van der Waals surface area contributed by atoms with Crippen LogP contribution >= 0.6 is 23.5 Å². The molecular formula is C53H53N11O15P3Ru. The molecule has 1 fully saturated rings. The first-order valence-corrected chi connectivity index (χ1v) is 29.2. The van der Waals surface area contributed by atoms with Crippen LogP contribution in [0.25, 0.3) is 34.2 Å². The molecule has 1 aromatic carbocycles. The fourth-order valence-electron chi connectivity index (χ4n) is 7.69. The van der Waals surface area contributed by atoms with Crippen molar-refractivity contribution in [1.29, 1.82) is 0 Å². The largest absolute Gasteiger partial charge is 3.00 e. The number of phosphoric ester groups is 1. The standard InChI is InChI=1S/C33H40N7O15P3.2C10H8N2.Ru/c34-30-22(19-40(33(44)39-30)29-18-27(41)28(53-29)20-52-57(48,49)55-58(50,51)54-56(45,46)47)8-6-15-38-32(43)24-10-2-1-9-23(24)31(42)37-14-5-7-21-12-16-36-26(17-21)25-11-3-4-13-35-25;2*1-3-7-11-9(5-1)10-6-2-4-8-12-10;/h1-4,6,8-13,16-17,19,27-30,41H,5,7,14-15,18,20,34H2,(H,37,42)(H,38,43)(H,39,44)(H,48,49)(H,50,51)(H2,45,46,47);2*1-8H;/q;;;+3/p-3/b8-6+;;;/t27-,28+,29+,30?;;;/m0.../s1. The van der Waals surface area contributed by atoms with Crippen LogP contribution in [0.1, 0.15) is 39.1 Å². The zero-order valence-electron chi connectivity index (χ0n) is 43.5. The van der Waals surface area contributed by atoms with Gasteiger partial charge in [0.05, 0.1) is 58.0 Å². The third-order valence-corrected chi connectivity index (χ3v) is 15.1. The molecule has 7 N–H and O–H groups in total. The molecule has 1 saturated heterocycles. The zero-order chi connectivity index (χ0) is 58.5. The van der Waals surface area contributed by atoms with E-state index in [1.54, 1.807) is 49.3 Å². The van der Waals surface area contributed by atoms with E-state index >= 15 is 0 Å². The van der Waals surface area contributed by atoms with Crippen molar-refractivity contribution in [3.8, 4) is 34.2 Å². The van der Waals surface area contributed by atoms with E-state index in [0.717, 1.165) is 44.6 Å². The average molecular weight is 1280 g/mol. The number of nitrogens with one attached hydrogen (secondary N) is 3. The Hall–Kier alpha value is -7.28. The molecular weight excluding hydrogens is 1220 g/mol. The van der Waals surface area contributed by atoms with Crippen molar-refractivity contribution in [3.05, 3.63) is 205 Å². The maximum Gasteiger partial charge on any atom is 3.00 e. The number of nitrogens with two attached hydrogens (primary N) is 1. The van der Waals surface area contributed by atoms with Gasteiger partial charge in [0.2, 0.25) is 0 Å². The number of aryl methyl sites for hydroxylation is 1. The maximum absolute atomic E-state index is 13.1. The van der Waals surface area contributed by atoms with Gasteiger partial charge in [0.15, 0.2) is 0 Å². The van der Waals surface area contributed by atoms with Gasteiger partial charge in [-0.05, 0) is 103 Å². The molecule has 433 valence electrons. The summed E-state index contributed by atoms with van der Waals surface area (Å²) in [6, 6.07) is 38.1. The Bertz CT molecular complexity index is 3290. The number of hydrogen-bond acceptors (Lipinski definition) is 21. The monoisotopic (exact) mass is 1280 g/mol. The third kappa shape index (κ3) is 20.8. The van der Waals surface area contributed by atoms with Crippen LogP contribution in [0.15, 0.2) is 188 Å². The molecule has 30 heteroatoms. The predicted octanol–water partition coefficient (Wildman–Crippen LogP) is 4.19. The van der Waals surface area contributed by atoms with Crippen LogP contribution in [0.4, 0.5) is 4.79 Å². The van der Waals surface area contributed by atoms with Crippen LogP contribution in [0.2, 0.25) is 0 Å². The fourth-order valence-corrected chi connectivity index (χ4v) is 10.6. The van der Waals surface area contributed by atoms with Crippen molar-refractivity contribution in [2.45, 2.75) is 43.9 Å². The molecule has 4 unspecified atom stereocenters. The number of ether oxygens (including phenoxy) is 1. The van der Waals surface area contributed by atoms with E-state index in [9.17, 15) is 47.9 Å². The van der Waals surface area contributed by atoms with Crippen molar-refractivity contribution in [2.24, 2.45) is 5.73 Å². The number of pyridine rings is 6. The van der Waals surface area contributed by atoms with Crippen LogP contribution in [0, 0.1) is 0 Å². The number of aromatic nitrogens is 6. The summed E-state index contributed by atoms with van der Waals surface area (Å²) >= 11 is 0. The van der Waals surface area contributed by atoms with Gasteiger partial charge in [-0.3, -0.25) is 58.1 Å². The molecule has 2 aliphatic heterocycles. The Morgan fingerprint density at radius 3 is 1.67 bits per heavy atom. The van der Waals surface area contributed by atoms with Gasteiger partial charge < -0.3 is 55.6 Å². The molecule has 0 saturated carbocycles. The summed E-state index contributed by atoms with van der Waals surface area (Å²) in [5, 5.41) is 18.4. The number of benzene rings is 1. The van der Waals surface area contributed by atoms with Crippen molar-refractivity contribution in [2.75, 3.05) is 19.7 Å². The molecule has 83 heavy (non-hydrogen) atoms. The van der Waals surface area contributed by atoms with E-state index in [4.69, 9.17) is 15.4 Å². The van der Waals surface area contributed by atoms with Gasteiger partial charge >= 0.3 is 25.5 Å². The predicted molar refractivity (Wildman–Crippen MR) is 290 cm³/mol. The smallest absolute Gasteiger partial charge is 0.756 e. The number of carbonyl (C=O) groups is 3.